The van der Waals surface area contributed by atoms with Crippen LogP contribution in [0.1, 0.15) is 25.3 Å². The third kappa shape index (κ3) is 2.54. The van der Waals surface area contributed by atoms with Gasteiger partial charge < -0.3 is 29.6 Å². The van der Waals surface area contributed by atoms with Crippen molar-refractivity contribution in [2.45, 2.75) is 37.9 Å². The van der Waals surface area contributed by atoms with E-state index in [1.807, 2.05) is 0 Å². The Morgan fingerprint density at radius 3 is 2.70 bits per heavy atom. The topological polar surface area (TPSA) is 120 Å². The van der Waals surface area contributed by atoms with Crippen molar-refractivity contribution in [2.24, 2.45) is 0 Å². The molecular formula is C20H20O7. The van der Waals surface area contributed by atoms with Crippen molar-refractivity contribution >= 4 is 21.9 Å². The molecule has 1 aliphatic rings. The average molecular weight is 372 g/mol. The highest BCUT2D eigenvalue weighted by Crippen LogP contribution is 2.43. The molecule has 7 heteroatoms. The molecule has 0 fully saturated rings. The summed E-state index contributed by atoms with van der Waals surface area (Å²) in [6.45, 7) is 1.60. The fourth-order valence-electron chi connectivity index (χ4n) is 3.78. The molecular weight excluding hydrogens is 352 g/mol. The maximum absolute atomic E-state index is 12.8. The Labute approximate surface area is 154 Å². The quantitative estimate of drug-likeness (QED) is 0.518. The van der Waals surface area contributed by atoms with Gasteiger partial charge in [-0.25, -0.2) is 0 Å². The average Bonchev–Trinajstić information content (AvgIpc) is 3.07. The number of fused-ring (bicyclic) bond motifs is 4. The van der Waals surface area contributed by atoms with Crippen molar-refractivity contribution in [3.8, 4) is 17.2 Å². The van der Waals surface area contributed by atoms with Crippen LogP contribution in [-0.4, -0.2) is 38.7 Å². The summed E-state index contributed by atoms with van der Waals surface area (Å²) in [6.07, 6.45) is 0.0993. The lowest BCUT2D eigenvalue weighted by atomic mass is 9.87. The molecule has 3 aromatic rings. The molecule has 0 aliphatic carbocycles. The molecule has 2 atom stereocenters. The third-order valence-electron chi connectivity index (χ3n) is 5.41. The summed E-state index contributed by atoms with van der Waals surface area (Å²) in [5.41, 5.74) is -0.997. The van der Waals surface area contributed by atoms with Gasteiger partial charge in [-0.15, -0.1) is 0 Å². The molecule has 142 valence electrons. The summed E-state index contributed by atoms with van der Waals surface area (Å²) in [5.74, 6) is -0.150. The van der Waals surface area contributed by atoms with Gasteiger partial charge in [0.25, 0.3) is 0 Å². The number of ether oxygens (including phenoxy) is 1. The highest BCUT2D eigenvalue weighted by atomic mass is 16.5. The van der Waals surface area contributed by atoms with Gasteiger partial charge in [0.1, 0.15) is 34.2 Å². The highest BCUT2D eigenvalue weighted by molar-refractivity contribution is 5.97. The Morgan fingerprint density at radius 2 is 2.00 bits per heavy atom. The molecule has 0 spiro atoms. The van der Waals surface area contributed by atoms with E-state index in [2.05, 4.69) is 0 Å². The van der Waals surface area contributed by atoms with Crippen molar-refractivity contribution in [2.75, 3.05) is 6.61 Å². The number of aliphatic hydroxyl groups excluding tert-OH is 1. The van der Waals surface area contributed by atoms with E-state index in [4.69, 9.17) is 9.15 Å². The minimum atomic E-state index is -1.25. The van der Waals surface area contributed by atoms with E-state index < -0.39 is 17.1 Å². The van der Waals surface area contributed by atoms with Gasteiger partial charge in [-0.05, 0) is 18.6 Å². The Bertz CT molecular complexity index is 1100. The number of rotatable bonds is 4. The molecule has 1 aliphatic heterocycles. The molecule has 1 aromatic heterocycles. The van der Waals surface area contributed by atoms with Crippen LogP contribution in [0.25, 0.3) is 21.9 Å². The fourth-order valence-corrected chi connectivity index (χ4v) is 3.78. The molecule has 2 heterocycles. The lowest BCUT2D eigenvalue weighted by Gasteiger charge is -2.31. The molecule has 27 heavy (non-hydrogen) atoms. The first-order chi connectivity index (χ1) is 12.9. The molecule has 4 rings (SSSR count). The van der Waals surface area contributed by atoms with E-state index in [0.717, 1.165) is 0 Å². The minimum Gasteiger partial charge on any atom is -0.507 e. The van der Waals surface area contributed by atoms with Gasteiger partial charge in [-0.3, -0.25) is 4.79 Å². The Kier molecular flexibility index (Phi) is 4.01. The summed E-state index contributed by atoms with van der Waals surface area (Å²) < 4.78 is 11.7. The smallest absolute Gasteiger partial charge is 0.204 e. The van der Waals surface area contributed by atoms with Crippen molar-refractivity contribution < 1.29 is 29.6 Å². The molecule has 0 bridgehead atoms. The molecule has 0 saturated carbocycles. The number of phenolic OH excluding ortho intramolecular Hbond substituents is 2. The first-order valence-electron chi connectivity index (χ1n) is 8.83. The summed E-state index contributed by atoms with van der Waals surface area (Å²) in [5, 5.41) is 40.7. The summed E-state index contributed by atoms with van der Waals surface area (Å²) in [4.78, 5) is 12.8. The number of aliphatic hydroxyl groups is 2. The van der Waals surface area contributed by atoms with E-state index in [1.54, 1.807) is 6.92 Å². The van der Waals surface area contributed by atoms with E-state index in [9.17, 15) is 25.2 Å². The van der Waals surface area contributed by atoms with Crippen LogP contribution in [0.4, 0.5) is 0 Å². The number of aromatic hydroxyl groups is 2. The second-order valence-electron chi connectivity index (χ2n) is 6.90. The second-order valence-corrected chi connectivity index (χ2v) is 6.90. The Balaban J connectivity index is 1.95. The molecule has 4 N–H and O–H groups in total. The first-order valence-corrected chi connectivity index (χ1v) is 8.83. The van der Waals surface area contributed by atoms with E-state index in [0.29, 0.717) is 17.7 Å². The standard InChI is InChI=1S/C20H20O7/c1-2-20(25,6-7-21)15-8-11-14(26-15)9-13(23)16-17(24)10-4-3-5-12(22)18(10)27-19(11)16/h3-5,9,15,21-23,25H,2,6-8H2,1H3. The summed E-state index contributed by atoms with van der Waals surface area (Å²) in [7, 11) is 0. The van der Waals surface area contributed by atoms with Crippen LogP contribution in [0, 0.1) is 0 Å². The normalized spacial score (nSPS) is 18.4. The largest absolute Gasteiger partial charge is 0.507 e. The van der Waals surface area contributed by atoms with Gasteiger partial charge in [0.15, 0.2) is 11.3 Å². The molecule has 2 aromatic carbocycles. The summed E-state index contributed by atoms with van der Waals surface area (Å²) >= 11 is 0. The van der Waals surface area contributed by atoms with E-state index >= 15 is 0 Å². The van der Waals surface area contributed by atoms with Crippen LogP contribution in [0.2, 0.25) is 0 Å². The Morgan fingerprint density at radius 1 is 1.22 bits per heavy atom. The molecule has 0 radical (unpaired) electrons. The van der Waals surface area contributed by atoms with Crippen LogP contribution >= 0.6 is 0 Å². The van der Waals surface area contributed by atoms with Crippen LogP contribution in [0.15, 0.2) is 33.5 Å². The predicted octanol–water partition coefficient (Wildman–Crippen LogP) is 2.18. The zero-order valence-electron chi connectivity index (χ0n) is 14.7. The number of hydrogen-bond donors (Lipinski definition) is 4. The SMILES string of the molecule is CCC(O)(CCO)C1Cc2c(cc(O)c3c(=O)c4cccc(O)c4oc23)O1. The number of benzene rings is 2. The van der Waals surface area contributed by atoms with Gasteiger partial charge >= 0.3 is 0 Å². The Hall–Kier alpha value is -2.77. The minimum absolute atomic E-state index is 0.0123. The maximum atomic E-state index is 12.8. The predicted molar refractivity (Wildman–Crippen MR) is 98.4 cm³/mol. The molecule has 0 saturated heterocycles. The van der Waals surface area contributed by atoms with Crippen molar-refractivity contribution in [1.29, 1.82) is 0 Å². The van der Waals surface area contributed by atoms with E-state index in [-0.39, 0.29) is 52.9 Å². The fraction of sp³-hybridized carbons (Fsp3) is 0.350. The third-order valence-corrected chi connectivity index (χ3v) is 5.41. The van der Waals surface area contributed by atoms with Crippen LogP contribution in [0.5, 0.6) is 17.2 Å². The van der Waals surface area contributed by atoms with Gasteiger partial charge in [0.2, 0.25) is 5.43 Å². The zero-order valence-corrected chi connectivity index (χ0v) is 14.7. The molecule has 7 nitrogen and oxygen atoms in total. The highest BCUT2D eigenvalue weighted by Gasteiger charge is 2.42. The number of para-hydroxylation sites is 1. The second kappa shape index (κ2) is 6.14. The van der Waals surface area contributed by atoms with Crippen LogP contribution in [0.3, 0.4) is 0 Å². The first kappa shape index (κ1) is 17.6. The van der Waals surface area contributed by atoms with Crippen LogP contribution in [-0.2, 0) is 6.42 Å². The van der Waals surface area contributed by atoms with Crippen LogP contribution < -0.4 is 10.2 Å². The number of phenols is 2. The van der Waals surface area contributed by atoms with Crippen molar-refractivity contribution in [1.82, 2.24) is 0 Å². The lowest BCUT2D eigenvalue weighted by molar-refractivity contribution is -0.0695. The monoisotopic (exact) mass is 372 g/mol. The van der Waals surface area contributed by atoms with Crippen molar-refractivity contribution in [3.63, 3.8) is 0 Å². The molecule has 2 unspecified atom stereocenters. The van der Waals surface area contributed by atoms with Gasteiger partial charge in [0.05, 0.1) is 5.39 Å². The summed E-state index contributed by atoms with van der Waals surface area (Å²) in [6, 6.07) is 5.80. The van der Waals surface area contributed by atoms with Gasteiger partial charge in [-0.2, -0.15) is 0 Å². The zero-order chi connectivity index (χ0) is 19.3. The lowest BCUT2D eigenvalue weighted by Crippen LogP contribution is -2.45. The van der Waals surface area contributed by atoms with E-state index in [1.165, 1.54) is 24.3 Å². The number of hydrogen-bond acceptors (Lipinski definition) is 7. The van der Waals surface area contributed by atoms with Crippen molar-refractivity contribution in [3.05, 3.63) is 40.1 Å². The van der Waals surface area contributed by atoms with Gasteiger partial charge in [-0.1, -0.05) is 13.0 Å². The molecule has 0 amide bonds. The van der Waals surface area contributed by atoms with Gasteiger partial charge in [0, 0.05) is 31.1 Å². The maximum Gasteiger partial charge on any atom is 0.204 e.